The van der Waals surface area contributed by atoms with Crippen molar-refractivity contribution in [3.8, 4) is 0 Å². The van der Waals surface area contributed by atoms with E-state index in [4.69, 9.17) is 0 Å². The predicted octanol–water partition coefficient (Wildman–Crippen LogP) is 5.18. The zero-order valence-corrected chi connectivity index (χ0v) is 12.8. The minimum atomic E-state index is 0.289. The Morgan fingerprint density at radius 3 is 2.65 bits per heavy atom. The van der Waals surface area contributed by atoms with E-state index in [1.54, 1.807) is 0 Å². The van der Waals surface area contributed by atoms with Crippen molar-refractivity contribution in [2.24, 2.45) is 10.6 Å². The van der Waals surface area contributed by atoms with Crippen molar-refractivity contribution < 1.29 is 5.21 Å². The molecule has 108 valence electrons. The molecular formula is C18H25NO. The zero-order valence-electron chi connectivity index (χ0n) is 12.8. The molecule has 2 rings (SSSR count). The fourth-order valence-corrected chi connectivity index (χ4v) is 3.39. The third-order valence-corrected chi connectivity index (χ3v) is 4.47. The fourth-order valence-electron chi connectivity index (χ4n) is 3.39. The van der Waals surface area contributed by atoms with Crippen LogP contribution in [0, 0.1) is 12.3 Å². The zero-order chi connectivity index (χ0) is 14.6. The Kier molecular flexibility index (Phi) is 4.64. The lowest BCUT2D eigenvalue weighted by molar-refractivity contribution is 0.305. The topological polar surface area (TPSA) is 32.6 Å². The molecule has 0 saturated heterocycles. The van der Waals surface area contributed by atoms with E-state index in [0.29, 0.717) is 0 Å². The van der Waals surface area contributed by atoms with Gasteiger partial charge in [-0.2, -0.15) is 0 Å². The van der Waals surface area contributed by atoms with Crippen LogP contribution >= 0.6 is 0 Å². The third-order valence-electron chi connectivity index (χ3n) is 4.47. The summed E-state index contributed by atoms with van der Waals surface area (Å²) in [6.07, 6.45) is 10.0. The molecule has 1 aliphatic rings. The molecule has 1 N–H and O–H groups in total. The SMILES string of the molecule is C/C=C/c1cccc(C)c1/C(CC1(C)CCCC1)=N/O. The molecule has 0 unspecified atom stereocenters. The molecule has 0 spiro atoms. The highest BCUT2D eigenvalue weighted by Gasteiger charge is 2.31. The van der Waals surface area contributed by atoms with E-state index < -0.39 is 0 Å². The number of allylic oxidation sites excluding steroid dienone is 1. The van der Waals surface area contributed by atoms with E-state index in [0.717, 1.165) is 23.3 Å². The lowest BCUT2D eigenvalue weighted by Gasteiger charge is -2.25. The number of aryl methyl sites for hydroxylation is 1. The molecule has 1 aromatic rings. The third kappa shape index (κ3) is 3.12. The van der Waals surface area contributed by atoms with Crippen molar-refractivity contribution in [2.75, 3.05) is 0 Å². The van der Waals surface area contributed by atoms with Gasteiger partial charge in [0.25, 0.3) is 0 Å². The summed E-state index contributed by atoms with van der Waals surface area (Å²) in [5.74, 6) is 0. The fraction of sp³-hybridized carbons (Fsp3) is 0.500. The van der Waals surface area contributed by atoms with E-state index in [2.05, 4.69) is 43.3 Å². The smallest absolute Gasteiger partial charge is 0.0881 e. The second-order valence-electron chi connectivity index (χ2n) is 6.28. The summed E-state index contributed by atoms with van der Waals surface area (Å²) < 4.78 is 0. The number of benzene rings is 1. The van der Waals surface area contributed by atoms with Crippen molar-refractivity contribution in [2.45, 2.75) is 52.9 Å². The number of rotatable bonds is 4. The van der Waals surface area contributed by atoms with E-state index in [1.165, 1.54) is 31.2 Å². The monoisotopic (exact) mass is 271 g/mol. The van der Waals surface area contributed by atoms with Crippen LogP contribution in [0.1, 0.15) is 62.6 Å². The first-order valence-electron chi connectivity index (χ1n) is 7.53. The second-order valence-corrected chi connectivity index (χ2v) is 6.28. The van der Waals surface area contributed by atoms with Crippen LogP contribution in [-0.2, 0) is 0 Å². The molecule has 2 heteroatoms. The highest BCUT2D eigenvalue weighted by atomic mass is 16.4. The second kappa shape index (κ2) is 6.25. The number of hydrogen-bond donors (Lipinski definition) is 1. The van der Waals surface area contributed by atoms with Gasteiger partial charge in [-0.05, 0) is 49.7 Å². The van der Waals surface area contributed by atoms with Crippen LogP contribution in [0.15, 0.2) is 29.4 Å². The van der Waals surface area contributed by atoms with Crippen LogP contribution in [0.3, 0.4) is 0 Å². The van der Waals surface area contributed by atoms with Crippen LogP contribution in [0.25, 0.3) is 6.08 Å². The maximum absolute atomic E-state index is 9.54. The van der Waals surface area contributed by atoms with Crippen LogP contribution in [0.2, 0.25) is 0 Å². The molecular weight excluding hydrogens is 246 g/mol. The van der Waals surface area contributed by atoms with Crippen molar-refractivity contribution in [1.29, 1.82) is 0 Å². The first-order chi connectivity index (χ1) is 9.59. The van der Waals surface area contributed by atoms with Gasteiger partial charge in [-0.3, -0.25) is 0 Å². The molecule has 1 aromatic carbocycles. The van der Waals surface area contributed by atoms with Crippen LogP contribution in [0.5, 0.6) is 0 Å². The minimum Gasteiger partial charge on any atom is -0.411 e. The van der Waals surface area contributed by atoms with Crippen molar-refractivity contribution >= 4 is 11.8 Å². The summed E-state index contributed by atoms with van der Waals surface area (Å²) >= 11 is 0. The van der Waals surface area contributed by atoms with Gasteiger partial charge < -0.3 is 5.21 Å². The summed E-state index contributed by atoms with van der Waals surface area (Å²) in [7, 11) is 0. The molecule has 1 aliphatic carbocycles. The van der Waals surface area contributed by atoms with Crippen molar-refractivity contribution in [3.63, 3.8) is 0 Å². The van der Waals surface area contributed by atoms with E-state index in [-0.39, 0.29) is 5.41 Å². The predicted molar refractivity (Wildman–Crippen MR) is 85.4 cm³/mol. The van der Waals surface area contributed by atoms with Crippen LogP contribution in [-0.4, -0.2) is 10.9 Å². The molecule has 0 radical (unpaired) electrons. The highest BCUT2D eigenvalue weighted by Crippen LogP contribution is 2.41. The summed E-state index contributed by atoms with van der Waals surface area (Å²) in [4.78, 5) is 0. The van der Waals surface area contributed by atoms with E-state index in [9.17, 15) is 5.21 Å². The first-order valence-corrected chi connectivity index (χ1v) is 7.53. The van der Waals surface area contributed by atoms with Crippen molar-refractivity contribution in [1.82, 2.24) is 0 Å². The summed E-state index contributed by atoms with van der Waals surface area (Å²) in [5, 5.41) is 13.2. The van der Waals surface area contributed by atoms with Crippen LogP contribution < -0.4 is 0 Å². The van der Waals surface area contributed by atoms with Gasteiger partial charge in [-0.25, -0.2) is 0 Å². The molecule has 20 heavy (non-hydrogen) atoms. The van der Waals surface area contributed by atoms with Gasteiger partial charge in [0.2, 0.25) is 0 Å². The average molecular weight is 271 g/mol. The molecule has 0 atom stereocenters. The number of hydrogen-bond acceptors (Lipinski definition) is 2. The van der Waals surface area contributed by atoms with E-state index in [1.807, 2.05) is 13.0 Å². The van der Waals surface area contributed by atoms with E-state index >= 15 is 0 Å². The standard InChI is InChI=1S/C18H25NO/c1-4-8-15-10-7-9-14(2)17(15)16(19-20)13-18(3)11-5-6-12-18/h4,7-10,20H,5-6,11-13H2,1-3H3/b8-4+,19-16+. The summed E-state index contributed by atoms with van der Waals surface area (Å²) in [5.41, 5.74) is 4.54. The highest BCUT2D eigenvalue weighted by molar-refractivity contribution is 6.04. The van der Waals surface area contributed by atoms with Gasteiger partial charge in [-0.15, -0.1) is 0 Å². The molecule has 0 bridgehead atoms. The molecule has 1 fully saturated rings. The van der Waals surface area contributed by atoms with Gasteiger partial charge in [0, 0.05) is 5.56 Å². The Bertz CT molecular complexity index is 522. The Hall–Kier alpha value is -1.57. The maximum Gasteiger partial charge on any atom is 0.0881 e. The number of oxime groups is 1. The van der Waals surface area contributed by atoms with Crippen LogP contribution in [0.4, 0.5) is 0 Å². The van der Waals surface area contributed by atoms with Gasteiger partial charge in [0.1, 0.15) is 0 Å². The summed E-state index contributed by atoms with van der Waals surface area (Å²) in [6.45, 7) is 6.42. The Morgan fingerprint density at radius 2 is 2.05 bits per heavy atom. The Balaban J connectivity index is 2.37. The number of nitrogens with zero attached hydrogens (tertiary/aromatic N) is 1. The Labute approximate surface area is 122 Å². The quantitative estimate of drug-likeness (QED) is 0.457. The van der Waals surface area contributed by atoms with Gasteiger partial charge in [-0.1, -0.05) is 55.3 Å². The Morgan fingerprint density at radius 1 is 1.35 bits per heavy atom. The maximum atomic E-state index is 9.54. The lowest BCUT2D eigenvalue weighted by Crippen LogP contribution is -2.19. The molecule has 2 nitrogen and oxygen atoms in total. The molecule has 0 aliphatic heterocycles. The molecule has 0 aromatic heterocycles. The normalized spacial score (nSPS) is 18.9. The minimum absolute atomic E-state index is 0.289. The summed E-state index contributed by atoms with van der Waals surface area (Å²) in [6, 6.07) is 6.23. The van der Waals surface area contributed by atoms with Gasteiger partial charge in [0.05, 0.1) is 5.71 Å². The largest absolute Gasteiger partial charge is 0.411 e. The first kappa shape index (κ1) is 14.8. The molecule has 0 amide bonds. The lowest BCUT2D eigenvalue weighted by atomic mass is 9.80. The molecule has 0 heterocycles. The average Bonchev–Trinajstić information content (AvgIpc) is 2.84. The van der Waals surface area contributed by atoms with Crippen molar-refractivity contribution in [3.05, 3.63) is 41.0 Å². The van der Waals surface area contributed by atoms with Gasteiger partial charge in [0.15, 0.2) is 0 Å². The molecule has 1 saturated carbocycles. The van der Waals surface area contributed by atoms with Gasteiger partial charge >= 0.3 is 0 Å².